The summed E-state index contributed by atoms with van der Waals surface area (Å²) < 4.78 is 0. The van der Waals surface area contributed by atoms with Gasteiger partial charge in [0.15, 0.2) is 11.5 Å². The number of pyridine rings is 1. The van der Waals surface area contributed by atoms with E-state index < -0.39 is 0 Å². The largest absolute Gasteiger partial charge is 0.381 e. The number of nitrogens with zero attached hydrogens (tertiary/aromatic N) is 3. The normalized spacial score (nSPS) is 9.64. The lowest BCUT2D eigenvalue weighted by Gasteiger charge is -1.92. The molecule has 2 aromatic heterocycles. The number of nitrogens with one attached hydrogen (secondary N) is 1. The third kappa shape index (κ3) is 1.29. The van der Waals surface area contributed by atoms with Crippen LogP contribution in [0.3, 0.4) is 0 Å². The van der Waals surface area contributed by atoms with Crippen LogP contribution >= 0.6 is 0 Å². The summed E-state index contributed by atoms with van der Waals surface area (Å²) in [6.07, 6.45) is 3.32. The molecule has 0 aromatic carbocycles. The van der Waals surface area contributed by atoms with Gasteiger partial charge in [-0.15, -0.1) is 0 Å². The minimum Gasteiger partial charge on any atom is -0.381 e. The zero-order chi connectivity index (χ0) is 9.97. The van der Waals surface area contributed by atoms with Gasteiger partial charge in [0.25, 0.3) is 0 Å². The lowest BCUT2D eigenvalue weighted by molar-refractivity contribution is 1.25. The molecule has 0 bridgehead atoms. The highest BCUT2D eigenvalue weighted by atomic mass is 15.0. The van der Waals surface area contributed by atoms with Gasteiger partial charge in [0, 0.05) is 18.0 Å². The second-order valence-electron chi connectivity index (χ2n) is 2.70. The minimum absolute atomic E-state index is 0.214. The van der Waals surface area contributed by atoms with E-state index in [9.17, 15) is 0 Å². The summed E-state index contributed by atoms with van der Waals surface area (Å²) in [6, 6.07) is 5.55. The van der Waals surface area contributed by atoms with Crippen LogP contribution in [0.2, 0.25) is 0 Å². The molecule has 0 spiro atoms. The van der Waals surface area contributed by atoms with E-state index in [0.717, 1.165) is 5.56 Å². The molecule has 0 aliphatic carbocycles. The molecule has 0 unspecified atom stereocenters. The standard InChI is InChI=1S/C9H7N5/c10-4-7-8(11)14-9(13-7)6-2-1-3-12-5-6/h1-3,5H,11H2,(H,13,14). The van der Waals surface area contributed by atoms with E-state index in [1.807, 2.05) is 12.1 Å². The van der Waals surface area contributed by atoms with Crippen molar-refractivity contribution >= 4 is 5.82 Å². The highest BCUT2D eigenvalue weighted by Crippen LogP contribution is 2.17. The Morgan fingerprint density at radius 1 is 1.50 bits per heavy atom. The topological polar surface area (TPSA) is 91.4 Å². The van der Waals surface area contributed by atoms with Crippen LogP contribution < -0.4 is 5.73 Å². The Hall–Kier alpha value is -2.35. The van der Waals surface area contributed by atoms with Crippen LogP contribution in [-0.2, 0) is 0 Å². The summed E-state index contributed by atoms with van der Waals surface area (Å²) in [5.41, 5.74) is 6.59. The Labute approximate surface area is 80.2 Å². The quantitative estimate of drug-likeness (QED) is 0.691. The number of nitrogen functional groups attached to an aromatic ring is 1. The summed E-state index contributed by atoms with van der Waals surface area (Å²) >= 11 is 0. The SMILES string of the molecule is N#Cc1[nH]c(-c2cccnc2)nc1N. The van der Waals surface area contributed by atoms with Crippen LogP contribution in [0.5, 0.6) is 0 Å². The predicted octanol–water partition coefficient (Wildman–Crippen LogP) is 0.926. The van der Waals surface area contributed by atoms with Gasteiger partial charge in [0.05, 0.1) is 0 Å². The minimum atomic E-state index is 0.214. The van der Waals surface area contributed by atoms with Crippen LogP contribution in [0, 0.1) is 11.3 Å². The van der Waals surface area contributed by atoms with E-state index in [2.05, 4.69) is 15.0 Å². The predicted molar refractivity (Wildman–Crippen MR) is 50.9 cm³/mol. The molecule has 0 saturated carbocycles. The first-order chi connectivity index (χ1) is 6.81. The Morgan fingerprint density at radius 2 is 2.36 bits per heavy atom. The number of hydrogen-bond acceptors (Lipinski definition) is 4. The highest BCUT2D eigenvalue weighted by molar-refractivity contribution is 5.59. The Bertz CT molecular complexity index is 480. The fraction of sp³-hybridized carbons (Fsp3) is 0. The van der Waals surface area contributed by atoms with Gasteiger partial charge in [-0.3, -0.25) is 4.98 Å². The highest BCUT2D eigenvalue weighted by Gasteiger charge is 2.07. The summed E-state index contributed by atoms with van der Waals surface area (Å²) in [4.78, 5) is 10.8. The lowest BCUT2D eigenvalue weighted by atomic mass is 10.3. The first-order valence-electron chi connectivity index (χ1n) is 3.97. The summed E-state index contributed by atoms with van der Waals surface area (Å²) in [5, 5.41) is 8.66. The number of nitriles is 1. The van der Waals surface area contributed by atoms with E-state index in [1.54, 1.807) is 18.5 Å². The second kappa shape index (κ2) is 3.18. The first kappa shape index (κ1) is 8.26. The van der Waals surface area contributed by atoms with Gasteiger partial charge in [-0.05, 0) is 12.1 Å². The summed E-state index contributed by atoms with van der Waals surface area (Å²) in [7, 11) is 0. The second-order valence-corrected chi connectivity index (χ2v) is 2.70. The number of aromatic nitrogens is 3. The van der Waals surface area contributed by atoms with Crippen molar-refractivity contribution in [3.05, 3.63) is 30.2 Å². The van der Waals surface area contributed by atoms with Crippen LogP contribution in [-0.4, -0.2) is 15.0 Å². The molecular formula is C9H7N5. The average Bonchev–Trinajstić information content (AvgIpc) is 2.61. The Morgan fingerprint density at radius 3 is 2.93 bits per heavy atom. The van der Waals surface area contributed by atoms with Crippen molar-refractivity contribution in [1.82, 2.24) is 15.0 Å². The molecule has 0 atom stereocenters. The maximum absolute atomic E-state index is 8.66. The van der Waals surface area contributed by atoms with Crippen LogP contribution in [0.4, 0.5) is 5.82 Å². The van der Waals surface area contributed by atoms with E-state index in [4.69, 9.17) is 11.0 Å². The van der Waals surface area contributed by atoms with Crippen molar-refractivity contribution in [3.63, 3.8) is 0 Å². The number of H-pyrrole nitrogens is 1. The van der Waals surface area contributed by atoms with Crippen molar-refractivity contribution in [1.29, 1.82) is 5.26 Å². The molecule has 14 heavy (non-hydrogen) atoms. The molecular weight excluding hydrogens is 178 g/mol. The molecule has 0 aliphatic heterocycles. The van der Waals surface area contributed by atoms with Crippen LogP contribution in [0.15, 0.2) is 24.5 Å². The fourth-order valence-corrected chi connectivity index (χ4v) is 1.11. The number of imidazole rings is 1. The Kier molecular flexibility index (Phi) is 1.88. The molecule has 0 aliphatic rings. The third-order valence-corrected chi connectivity index (χ3v) is 1.78. The van der Waals surface area contributed by atoms with Crippen LogP contribution in [0.1, 0.15) is 5.69 Å². The van der Waals surface area contributed by atoms with Gasteiger partial charge in [0.1, 0.15) is 11.9 Å². The fourth-order valence-electron chi connectivity index (χ4n) is 1.11. The van der Waals surface area contributed by atoms with E-state index in [-0.39, 0.29) is 11.5 Å². The van der Waals surface area contributed by atoms with Gasteiger partial charge < -0.3 is 10.7 Å². The van der Waals surface area contributed by atoms with Gasteiger partial charge in [-0.1, -0.05) is 0 Å². The molecule has 0 saturated heterocycles. The van der Waals surface area contributed by atoms with Gasteiger partial charge >= 0.3 is 0 Å². The number of nitrogens with two attached hydrogens (primary N) is 1. The molecule has 0 fully saturated rings. The molecule has 0 amide bonds. The van der Waals surface area contributed by atoms with Crippen molar-refractivity contribution in [2.75, 3.05) is 5.73 Å². The molecule has 3 N–H and O–H groups in total. The van der Waals surface area contributed by atoms with E-state index in [0.29, 0.717) is 5.82 Å². The summed E-state index contributed by atoms with van der Waals surface area (Å²) in [5.74, 6) is 0.776. The maximum atomic E-state index is 8.66. The molecule has 2 rings (SSSR count). The zero-order valence-electron chi connectivity index (χ0n) is 7.23. The molecule has 5 heteroatoms. The monoisotopic (exact) mass is 185 g/mol. The number of aromatic amines is 1. The first-order valence-corrected chi connectivity index (χ1v) is 3.97. The smallest absolute Gasteiger partial charge is 0.161 e. The number of hydrogen-bond donors (Lipinski definition) is 2. The molecule has 0 radical (unpaired) electrons. The number of anilines is 1. The molecule has 2 aromatic rings. The lowest BCUT2D eigenvalue weighted by Crippen LogP contribution is -1.86. The Balaban J connectivity index is 2.50. The van der Waals surface area contributed by atoms with E-state index >= 15 is 0 Å². The van der Waals surface area contributed by atoms with Gasteiger partial charge in [0.2, 0.25) is 0 Å². The zero-order valence-corrected chi connectivity index (χ0v) is 7.23. The van der Waals surface area contributed by atoms with Gasteiger partial charge in [-0.25, -0.2) is 4.98 Å². The van der Waals surface area contributed by atoms with Crippen molar-refractivity contribution in [3.8, 4) is 17.5 Å². The van der Waals surface area contributed by atoms with Crippen molar-refractivity contribution < 1.29 is 0 Å². The summed E-state index contributed by atoms with van der Waals surface area (Å²) in [6.45, 7) is 0. The van der Waals surface area contributed by atoms with Crippen molar-refractivity contribution in [2.24, 2.45) is 0 Å². The molecule has 2 heterocycles. The maximum Gasteiger partial charge on any atom is 0.161 e. The molecule has 5 nitrogen and oxygen atoms in total. The third-order valence-electron chi connectivity index (χ3n) is 1.78. The molecule has 68 valence electrons. The van der Waals surface area contributed by atoms with E-state index in [1.165, 1.54) is 0 Å². The number of rotatable bonds is 1. The van der Waals surface area contributed by atoms with Crippen LogP contribution in [0.25, 0.3) is 11.4 Å². The van der Waals surface area contributed by atoms with Crippen molar-refractivity contribution in [2.45, 2.75) is 0 Å². The van der Waals surface area contributed by atoms with Gasteiger partial charge in [-0.2, -0.15) is 5.26 Å². The average molecular weight is 185 g/mol.